The number of amides is 2. The molecular formula is C19H27N3O2S. The zero-order valence-corrected chi connectivity index (χ0v) is 15.9. The Morgan fingerprint density at radius 3 is 2.64 bits per heavy atom. The summed E-state index contributed by atoms with van der Waals surface area (Å²) in [5, 5.41) is 6.82. The predicted octanol–water partition coefficient (Wildman–Crippen LogP) is 2.06. The van der Waals surface area contributed by atoms with Gasteiger partial charge in [0.15, 0.2) is 0 Å². The molecule has 25 heavy (non-hydrogen) atoms. The second kappa shape index (κ2) is 6.09. The van der Waals surface area contributed by atoms with Crippen LogP contribution in [0.4, 0.5) is 0 Å². The first-order valence-electron chi connectivity index (χ1n) is 9.23. The fourth-order valence-corrected chi connectivity index (χ4v) is 6.37. The van der Waals surface area contributed by atoms with Crippen molar-refractivity contribution in [1.29, 1.82) is 0 Å². The van der Waals surface area contributed by atoms with Gasteiger partial charge in [0.05, 0.1) is 11.0 Å². The van der Waals surface area contributed by atoms with Gasteiger partial charge in [0, 0.05) is 38.6 Å². The van der Waals surface area contributed by atoms with Gasteiger partial charge in [-0.3, -0.25) is 9.59 Å². The molecule has 1 aliphatic carbocycles. The molecule has 1 aromatic rings. The minimum Gasteiger partial charge on any atom is -0.359 e. The zero-order valence-electron chi connectivity index (χ0n) is 15.1. The van der Waals surface area contributed by atoms with Crippen LogP contribution in [-0.4, -0.2) is 61.9 Å². The molecule has 6 heteroatoms. The number of nitrogens with one attached hydrogen (secondary N) is 1. The zero-order chi connectivity index (χ0) is 17.7. The van der Waals surface area contributed by atoms with Crippen molar-refractivity contribution in [3.8, 4) is 0 Å². The highest BCUT2D eigenvalue weighted by molar-refractivity contribution is 7.08. The molecule has 2 atom stereocenters. The minimum atomic E-state index is -0.219. The second-order valence-corrected chi connectivity index (χ2v) is 8.93. The van der Waals surface area contributed by atoms with Crippen LogP contribution >= 0.6 is 11.3 Å². The Bertz CT molecular complexity index is 666. The first-order chi connectivity index (χ1) is 12.0. The van der Waals surface area contributed by atoms with E-state index in [9.17, 15) is 9.59 Å². The van der Waals surface area contributed by atoms with Gasteiger partial charge in [-0.15, -0.1) is 0 Å². The highest BCUT2D eigenvalue weighted by Gasteiger charge is 2.63. The molecule has 136 valence electrons. The third kappa shape index (κ3) is 2.53. The number of fused-ring (bicyclic) bond motifs is 2. The number of piperidine rings is 1. The van der Waals surface area contributed by atoms with Crippen LogP contribution in [0.25, 0.3) is 0 Å². The smallest absolute Gasteiger partial charge is 0.254 e. The Morgan fingerprint density at radius 1 is 1.24 bits per heavy atom. The topological polar surface area (TPSA) is 52.7 Å². The van der Waals surface area contributed by atoms with Crippen molar-refractivity contribution in [2.75, 3.05) is 40.3 Å². The van der Waals surface area contributed by atoms with Crippen LogP contribution in [-0.2, 0) is 4.79 Å². The molecule has 0 radical (unpaired) electrons. The Balaban J connectivity index is 1.51. The lowest BCUT2D eigenvalue weighted by molar-refractivity contribution is -0.132. The maximum atomic E-state index is 12.7. The van der Waals surface area contributed by atoms with E-state index in [4.69, 9.17) is 0 Å². The maximum absolute atomic E-state index is 12.7. The van der Waals surface area contributed by atoms with E-state index in [-0.39, 0.29) is 22.6 Å². The molecule has 2 aliphatic heterocycles. The molecule has 2 saturated heterocycles. The van der Waals surface area contributed by atoms with E-state index in [1.54, 1.807) is 18.4 Å². The average Bonchev–Trinajstić information content (AvgIpc) is 3.32. The van der Waals surface area contributed by atoms with Gasteiger partial charge < -0.3 is 15.1 Å². The van der Waals surface area contributed by atoms with Crippen LogP contribution in [0.2, 0.25) is 0 Å². The van der Waals surface area contributed by atoms with Crippen molar-refractivity contribution < 1.29 is 9.59 Å². The molecule has 4 rings (SSSR count). The maximum Gasteiger partial charge on any atom is 0.254 e. The van der Waals surface area contributed by atoms with Gasteiger partial charge in [0.2, 0.25) is 5.91 Å². The van der Waals surface area contributed by atoms with Crippen LogP contribution in [0.1, 0.15) is 36.0 Å². The minimum absolute atomic E-state index is 0.162. The number of carbonyl (C=O) groups is 2. The van der Waals surface area contributed by atoms with Crippen molar-refractivity contribution in [3.63, 3.8) is 0 Å². The Labute approximate surface area is 153 Å². The molecule has 3 aliphatic rings. The molecule has 0 bridgehead atoms. The molecule has 1 aromatic heterocycles. The van der Waals surface area contributed by atoms with E-state index >= 15 is 0 Å². The highest BCUT2D eigenvalue weighted by Crippen LogP contribution is 2.61. The fourth-order valence-electron chi connectivity index (χ4n) is 5.74. The van der Waals surface area contributed by atoms with Crippen molar-refractivity contribution in [2.45, 2.75) is 25.7 Å². The summed E-state index contributed by atoms with van der Waals surface area (Å²) in [4.78, 5) is 29.7. The standard InChI is InChI=1S/C19H27N3O2S/c1-20-17(24)19-5-4-18(15(19)11-21(2)13-19)6-8-22(9-7-18)16(23)14-3-10-25-12-14/h3,10,12,15H,4-9,11,13H2,1-2H3,(H,20,24)/t15-,19+/m0/s1. The second-order valence-electron chi connectivity index (χ2n) is 8.15. The summed E-state index contributed by atoms with van der Waals surface area (Å²) in [5.74, 6) is 0.800. The SMILES string of the molecule is CNC(=O)[C@@]12CCC3(CCN(C(=O)c4ccsc4)CC3)[C@@H]1CN(C)C2. The van der Waals surface area contributed by atoms with Gasteiger partial charge in [-0.2, -0.15) is 11.3 Å². The van der Waals surface area contributed by atoms with Crippen LogP contribution in [0.5, 0.6) is 0 Å². The Morgan fingerprint density at radius 2 is 2.00 bits per heavy atom. The van der Waals surface area contributed by atoms with Crippen molar-refractivity contribution in [1.82, 2.24) is 15.1 Å². The normalized spacial score (nSPS) is 31.3. The van der Waals surface area contributed by atoms with Gasteiger partial charge in [-0.1, -0.05) is 0 Å². The lowest BCUT2D eigenvalue weighted by Gasteiger charge is -2.44. The van der Waals surface area contributed by atoms with Crippen LogP contribution in [0.15, 0.2) is 16.8 Å². The van der Waals surface area contributed by atoms with E-state index in [2.05, 4.69) is 17.3 Å². The number of nitrogens with zero attached hydrogens (tertiary/aromatic N) is 2. The number of hydrogen-bond donors (Lipinski definition) is 1. The quantitative estimate of drug-likeness (QED) is 0.877. The predicted molar refractivity (Wildman–Crippen MR) is 98.6 cm³/mol. The number of carbonyl (C=O) groups excluding carboxylic acids is 2. The molecule has 5 nitrogen and oxygen atoms in total. The van der Waals surface area contributed by atoms with Gasteiger partial charge in [-0.05, 0) is 55.5 Å². The van der Waals surface area contributed by atoms with Crippen LogP contribution < -0.4 is 5.32 Å². The molecule has 3 fully saturated rings. The van der Waals surface area contributed by atoms with Gasteiger partial charge in [0.25, 0.3) is 5.91 Å². The fraction of sp³-hybridized carbons (Fsp3) is 0.684. The van der Waals surface area contributed by atoms with E-state index in [1.807, 2.05) is 21.7 Å². The van der Waals surface area contributed by atoms with E-state index in [0.29, 0.717) is 5.92 Å². The number of likely N-dealkylation sites (tertiary alicyclic amines) is 2. The first-order valence-corrected chi connectivity index (χ1v) is 10.2. The summed E-state index contributed by atoms with van der Waals surface area (Å²) < 4.78 is 0. The number of rotatable bonds is 2. The molecule has 1 N–H and O–H groups in total. The van der Waals surface area contributed by atoms with E-state index in [0.717, 1.165) is 57.4 Å². The molecular weight excluding hydrogens is 334 g/mol. The lowest BCUT2D eigenvalue weighted by Crippen LogP contribution is -2.49. The summed E-state index contributed by atoms with van der Waals surface area (Å²) in [5.41, 5.74) is 0.818. The first kappa shape index (κ1) is 17.0. The van der Waals surface area contributed by atoms with Crippen molar-refractivity contribution in [3.05, 3.63) is 22.4 Å². The number of thiophene rings is 1. The molecule has 2 amide bonds. The monoisotopic (exact) mass is 361 g/mol. The van der Waals surface area contributed by atoms with Crippen molar-refractivity contribution >= 4 is 23.2 Å². The van der Waals surface area contributed by atoms with Gasteiger partial charge in [-0.25, -0.2) is 0 Å². The average molecular weight is 362 g/mol. The van der Waals surface area contributed by atoms with Crippen LogP contribution in [0.3, 0.4) is 0 Å². The van der Waals surface area contributed by atoms with Gasteiger partial charge in [0.1, 0.15) is 0 Å². The molecule has 0 unspecified atom stereocenters. The summed E-state index contributed by atoms with van der Waals surface area (Å²) in [6, 6.07) is 1.91. The van der Waals surface area contributed by atoms with E-state index < -0.39 is 0 Å². The summed E-state index contributed by atoms with van der Waals surface area (Å²) in [7, 11) is 3.89. The molecule has 3 heterocycles. The Hall–Kier alpha value is -1.40. The molecule has 0 aromatic carbocycles. The highest BCUT2D eigenvalue weighted by atomic mass is 32.1. The van der Waals surface area contributed by atoms with Crippen molar-refractivity contribution in [2.24, 2.45) is 16.7 Å². The Kier molecular flexibility index (Phi) is 4.15. The van der Waals surface area contributed by atoms with E-state index in [1.165, 1.54) is 0 Å². The number of hydrogen-bond acceptors (Lipinski definition) is 4. The van der Waals surface area contributed by atoms with Crippen LogP contribution in [0, 0.1) is 16.7 Å². The van der Waals surface area contributed by atoms with Gasteiger partial charge >= 0.3 is 0 Å². The molecule has 1 spiro atoms. The largest absolute Gasteiger partial charge is 0.359 e. The summed E-state index contributed by atoms with van der Waals surface area (Å²) >= 11 is 1.57. The summed E-state index contributed by atoms with van der Waals surface area (Å²) in [6.07, 6.45) is 4.17. The third-order valence-corrected chi connectivity index (χ3v) is 7.70. The summed E-state index contributed by atoms with van der Waals surface area (Å²) in [6.45, 7) is 3.51. The lowest BCUT2D eigenvalue weighted by atomic mass is 9.65. The third-order valence-electron chi connectivity index (χ3n) is 7.02. The molecule has 1 saturated carbocycles.